The molecular formula is C20H25BrClNO2. The van der Waals surface area contributed by atoms with Gasteiger partial charge in [-0.3, -0.25) is 0 Å². The van der Waals surface area contributed by atoms with Crippen molar-refractivity contribution >= 4 is 27.5 Å². The monoisotopic (exact) mass is 425 g/mol. The minimum atomic E-state index is 0.0962. The second kappa shape index (κ2) is 8.93. The Labute approximate surface area is 163 Å². The Hall–Kier alpha value is -1.23. The summed E-state index contributed by atoms with van der Waals surface area (Å²) in [5, 5.41) is 4.25. The fraction of sp³-hybridized carbons (Fsp3) is 0.400. The normalized spacial score (nSPS) is 11.4. The van der Waals surface area contributed by atoms with Gasteiger partial charge in [0.25, 0.3) is 0 Å². The predicted molar refractivity (Wildman–Crippen MR) is 108 cm³/mol. The molecule has 3 nitrogen and oxygen atoms in total. The summed E-state index contributed by atoms with van der Waals surface area (Å²) in [6, 6.07) is 11.7. The van der Waals surface area contributed by atoms with E-state index in [1.807, 2.05) is 30.3 Å². The van der Waals surface area contributed by atoms with Crippen LogP contribution in [0.3, 0.4) is 0 Å². The van der Waals surface area contributed by atoms with E-state index < -0.39 is 0 Å². The van der Waals surface area contributed by atoms with Gasteiger partial charge < -0.3 is 14.8 Å². The van der Waals surface area contributed by atoms with Gasteiger partial charge in [0.05, 0.1) is 11.6 Å². The van der Waals surface area contributed by atoms with Gasteiger partial charge in [0.15, 0.2) is 11.5 Å². The number of hydrogen-bond donors (Lipinski definition) is 1. The summed E-state index contributed by atoms with van der Waals surface area (Å²) >= 11 is 9.80. The van der Waals surface area contributed by atoms with Gasteiger partial charge in [0.1, 0.15) is 6.61 Å². The molecule has 5 heteroatoms. The zero-order valence-corrected chi connectivity index (χ0v) is 17.5. The molecule has 2 aromatic carbocycles. The van der Waals surface area contributed by atoms with Gasteiger partial charge in [-0.2, -0.15) is 0 Å². The number of methoxy groups -OCH3 is 1. The van der Waals surface area contributed by atoms with Crippen molar-refractivity contribution in [2.45, 2.75) is 45.9 Å². The maximum absolute atomic E-state index is 6.20. The largest absolute Gasteiger partial charge is 0.493 e. The molecule has 0 bridgehead atoms. The lowest BCUT2D eigenvalue weighted by Gasteiger charge is -2.25. The lowest BCUT2D eigenvalue weighted by atomic mass is 10.0. The lowest BCUT2D eigenvalue weighted by molar-refractivity contribution is 0.282. The fourth-order valence-corrected chi connectivity index (χ4v) is 3.04. The number of rotatable bonds is 8. The molecule has 0 unspecified atom stereocenters. The highest BCUT2D eigenvalue weighted by molar-refractivity contribution is 9.10. The van der Waals surface area contributed by atoms with Gasteiger partial charge in [0, 0.05) is 22.7 Å². The fourth-order valence-electron chi connectivity index (χ4n) is 2.25. The van der Waals surface area contributed by atoms with E-state index in [4.69, 9.17) is 21.1 Å². The van der Waals surface area contributed by atoms with Crippen molar-refractivity contribution in [3.05, 3.63) is 57.0 Å². The van der Waals surface area contributed by atoms with Gasteiger partial charge in [0.2, 0.25) is 0 Å². The molecule has 0 saturated heterocycles. The Kier molecular flexibility index (Phi) is 7.17. The standard InChI is InChI=1S/C20H25BrClNO2/c1-5-20(2,3)23-12-14-10-16(21)19(18(11-14)24-4)25-13-15-8-6-7-9-17(15)22/h6-11,23H,5,12-13H2,1-4H3. The van der Waals surface area contributed by atoms with E-state index in [1.165, 1.54) is 0 Å². The SMILES string of the molecule is CCC(C)(C)NCc1cc(Br)c(OCc2ccccc2Cl)c(OC)c1. The van der Waals surface area contributed by atoms with E-state index >= 15 is 0 Å². The summed E-state index contributed by atoms with van der Waals surface area (Å²) in [7, 11) is 1.65. The van der Waals surface area contributed by atoms with Crippen LogP contribution in [0.2, 0.25) is 5.02 Å². The smallest absolute Gasteiger partial charge is 0.175 e. The molecule has 0 spiro atoms. The molecule has 2 aromatic rings. The van der Waals surface area contributed by atoms with Crippen molar-refractivity contribution in [2.75, 3.05) is 7.11 Å². The van der Waals surface area contributed by atoms with E-state index in [2.05, 4.69) is 48.1 Å². The first-order valence-corrected chi connectivity index (χ1v) is 9.51. The summed E-state index contributed by atoms with van der Waals surface area (Å²) in [5.41, 5.74) is 2.17. The quantitative estimate of drug-likeness (QED) is 0.564. The maximum Gasteiger partial charge on any atom is 0.175 e. The molecule has 136 valence electrons. The first-order chi connectivity index (χ1) is 11.9. The molecular weight excluding hydrogens is 402 g/mol. The van der Waals surface area contributed by atoms with Crippen molar-refractivity contribution in [1.82, 2.24) is 5.32 Å². The van der Waals surface area contributed by atoms with Gasteiger partial charge in [-0.05, 0) is 60.0 Å². The summed E-state index contributed by atoms with van der Waals surface area (Å²) < 4.78 is 12.4. The summed E-state index contributed by atoms with van der Waals surface area (Å²) in [5.74, 6) is 1.38. The van der Waals surface area contributed by atoms with Gasteiger partial charge in [-0.1, -0.05) is 36.7 Å². The second-order valence-corrected chi connectivity index (χ2v) is 7.84. The number of ether oxygens (including phenoxy) is 2. The van der Waals surface area contributed by atoms with E-state index in [0.717, 1.165) is 28.6 Å². The van der Waals surface area contributed by atoms with E-state index in [1.54, 1.807) is 7.11 Å². The van der Waals surface area contributed by atoms with Gasteiger partial charge >= 0.3 is 0 Å². The Morgan fingerprint density at radius 3 is 2.56 bits per heavy atom. The van der Waals surface area contributed by atoms with Crippen LogP contribution in [-0.2, 0) is 13.2 Å². The van der Waals surface area contributed by atoms with Crippen molar-refractivity contribution < 1.29 is 9.47 Å². The van der Waals surface area contributed by atoms with Crippen molar-refractivity contribution in [3.63, 3.8) is 0 Å². The van der Waals surface area contributed by atoms with Crippen LogP contribution in [-0.4, -0.2) is 12.6 Å². The van der Waals surface area contributed by atoms with Crippen LogP contribution in [0.5, 0.6) is 11.5 Å². The molecule has 0 atom stereocenters. The molecule has 1 N–H and O–H groups in total. The first kappa shape index (κ1) is 20.1. The summed E-state index contributed by atoms with van der Waals surface area (Å²) in [6.45, 7) is 7.71. The first-order valence-electron chi connectivity index (χ1n) is 8.34. The molecule has 0 aliphatic heterocycles. The second-order valence-electron chi connectivity index (χ2n) is 6.58. The molecule has 0 amide bonds. The minimum absolute atomic E-state index is 0.0962. The van der Waals surface area contributed by atoms with Gasteiger partial charge in [-0.15, -0.1) is 0 Å². The topological polar surface area (TPSA) is 30.5 Å². The molecule has 0 aliphatic carbocycles. The number of hydrogen-bond acceptors (Lipinski definition) is 3. The zero-order chi connectivity index (χ0) is 18.4. The van der Waals surface area contributed by atoms with Crippen molar-refractivity contribution in [2.24, 2.45) is 0 Å². The number of halogens is 2. The van der Waals surface area contributed by atoms with Crippen LogP contribution in [0.4, 0.5) is 0 Å². The number of benzene rings is 2. The molecule has 0 heterocycles. The Balaban J connectivity index is 2.15. The highest BCUT2D eigenvalue weighted by Crippen LogP contribution is 2.37. The van der Waals surface area contributed by atoms with Crippen LogP contribution >= 0.6 is 27.5 Å². The Morgan fingerprint density at radius 1 is 1.20 bits per heavy atom. The average molecular weight is 427 g/mol. The third-order valence-corrected chi connectivity index (χ3v) is 5.23. The zero-order valence-electron chi connectivity index (χ0n) is 15.2. The summed E-state index contributed by atoms with van der Waals surface area (Å²) in [4.78, 5) is 0. The van der Waals surface area contributed by atoms with E-state index in [9.17, 15) is 0 Å². The van der Waals surface area contributed by atoms with Crippen LogP contribution in [0.1, 0.15) is 38.3 Å². The molecule has 0 aromatic heterocycles. The van der Waals surface area contributed by atoms with Crippen LogP contribution in [0, 0.1) is 0 Å². The minimum Gasteiger partial charge on any atom is -0.493 e. The highest BCUT2D eigenvalue weighted by Gasteiger charge is 2.16. The molecule has 0 fully saturated rings. The molecule has 25 heavy (non-hydrogen) atoms. The van der Waals surface area contributed by atoms with Crippen molar-refractivity contribution in [3.8, 4) is 11.5 Å². The summed E-state index contributed by atoms with van der Waals surface area (Å²) in [6.07, 6.45) is 1.06. The molecule has 0 saturated carbocycles. The molecule has 0 radical (unpaired) electrons. The van der Waals surface area contributed by atoms with Crippen LogP contribution in [0.15, 0.2) is 40.9 Å². The maximum atomic E-state index is 6.20. The molecule has 2 rings (SSSR count). The van der Waals surface area contributed by atoms with Crippen molar-refractivity contribution in [1.29, 1.82) is 0 Å². The Bertz CT molecular complexity index is 719. The average Bonchev–Trinajstić information content (AvgIpc) is 2.60. The lowest BCUT2D eigenvalue weighted by Crippen LogP contribution is -2.37. The third-order valence-electron chi connectivity index (χ3n) is 4.27. The van der Waals surface area contributed by atoms with Crippen LogP contribution < -0.4 is 14.8 Å². The van der Waals surface area contributed by atoms with E-state index in [0.29, 0.717) is 23.1 Å². The predicted octanol–water partition coefficient (Wildman–Crippen LogP) is 5.97. The highest BCUT2D eigenvalue weighted by atomic mass is 79.9. The van der Waals surface area contributed by atoms with Gasteiger partial charge in [-0.25, -0.2) is 0 Å². The van der Waals surface area contributed by atoms with Crippen LogP contribution in [0.25, 0.3) is 0 Å². The van der Waals surface area contributed by atoms with E-state index in [-0.39, 0.29) is 5.54 Å². The Morgan fingerprint density at radius 2 is 1.92 bits per heavy atom. The third kappa shape index (κ3) is 5.63. The molecule has 0 aliphatic rings. The number of nitrogens with one attached hydrogen (secondary N) is 1.